The van der Waals surface area contributed by atoms with Gasteiger partial charge >= 0.3 is 0 Å². The Morgan fingerprint density at radius 2 is 2.11 bits per heavy atom. The average molecular weight is 485 g/mol. The van der Waals surface area contributed by atoms with Gasteiger partial charge in [0.2, 0.25) is 0 Å². The van der Waals surface area contributed by atoms with Gasteiger partial charge in [-0.2, -0.15) is 0 Å². The molecule has 7 heteroatoms. The Labute approximate surface area is 176 Å². The third-order valence-electron chi connectivity index (χ3n) is 4.18. The van der Waals surface area contributed by atoms with Crippen molar-refractivity contribution >= 4 is 29.9 Å². The number of nitrogens with one attached hydrogen (secondary N) is 2. The smallest absolute Gasteiger partial charge is 0.191 e. The monoisotopic (exact) mass is 485 g/mol. The summed E-state index contributed by atoms with van der Waals surface area (Å²) in [7, 11) is 1.73. The van der Waals surface area contributed by atoms with Gasteiger partial charge in [-0.3, -0.25) is 4.99 Å². The van der Waals surface area contributed by atoms with Gasteiger partial charge in [-0.1, -0.05) is 24.3 Å². The highest BCUT2D eigenvalue weighted by molar-refractivity contribution is 14.0. The van der Waals surface area contributed by atoms with E-state index >= 15 is 0 Å². The van der Waals surface area contributed by atoms with E-state index in [1.54, 1.807) is 19.2 Å². The molecule has 0 radical (unpaired) electrons. The van der Waals surface area contributed by atoms with Crippen molar-refractivity contribution in [1.29, 1.82) is 0 Å². The normalized spacial score (nSPS) is 17.0. The Morgan fingerprint density at radius 3 is 2.89 bits per heavy atom. The number of para-hydroxylation sites is 1. The molecule has 27 heavy (non-hydrogen) atoms. The van der Waals surface area contributed by atoms with Crippen LogP contribution in [-0.4, -0.2) is 32.3 Å². The third kappa shape index (κ3) is 5.98. The summed E-state index contributed by atoms with van der Waals surface area (Å²) in [6, 6.07) is 14.3. The minimum absolute atomic E-state index is 0. The van der Waals surface area contributed by atoms with Gasteiger partial charge in [-0.25, -0.2) is 4.39 Å². The van der Waals surface area contributed by atoms with Crippen molar-refractivity contribution in [1.82, 2.24) is 10.6 Å². The van der Waals surface area contributed by atoms with Crippen molar-refractivity contribution in [2.75, 3.05) is 20.2 Å². The van der Waals surface area contributed by atoms with E-state index in [0.29, 0.717) is 24.9 Å². The number of rotatable bonds is 5. The Hall–Kier alpha value is -2.03. The van der Waals surface area contributed by atoms with E-state index in [4.69, 9.17) is 9.47 Å². The Kier molecular flexibility index (Phi) is 8.15. The van der Waals surface area contributed by atoms with Crippen molar-refractivity contribution in [3.63, 3.8) is 0 Å². The van der Waals surface area contributed by atoms with Crippen LogP contribution in [0.15, 0.2) is 53.5 Å². The van der Waals surface area contributed by atoms with Gasteiger partial charge in [-0.05, 0) is 25.1 Å². The zero-order chi connectivity index (χ0) is 18.4. The van der Waals surface area contributed by atoms with Gasteiger partial charge in [-0.15, -0.1) is 24.0 Å². The van der Waals surface area contributed by atoms with E-state index in [9.17, 15) is 4.39 Å². The highest BCUT2D eigenvalue weighted by Crippen LogP contribution is 2.31. The summed E-state index contributed by atoms with van der Waals surface area (Å²) in [4.78, 5) is 4.29. The first kappa shape index (κ1) is 21.3. The first-order chi connectivity index (χ1) is 12.7. The van der Waals surface area contributed by atoms with E-state index in [2.05, 4.69) is 21.7 Å². The van der Waals surface area contributed by atoms with Gasteiger partial charge in [0.25, 0.3) is 0 Å². The predicted octanol–water partition coefficient (Wildman–Crippen LogP) is 3.90. The number of nitrogens with zero attached hydrogens (tertiary/aromatic N) is 1. The van der Waals surface area contributed by atoms with Crippen LogP contribution in [0.1, 0.15) is 24.9 Å². The highest BCUT2D eigenvalue weighted by atomic mass is 127. The van der Waals surface area contributed by atoms with Crippen LogP contribution in [0, 0.1) is 5.82 Å². The number of hydrogen-bond acceptors (Lipinski definition) is 3. The summed E-state index contributed by atoms with van der Waals surface area (Å²) >= 11 is 0. The van der Waals surface area contributed by atoms with Crippen LogP contribution < -0.4 is 20.1 Å². The number of hydrogen-bond donors (Lipinski definition) is 2. The van der Waals surface area contributed by atoms with Crippen LogP contribution in [0.2, 0.25) is 0 Å². The van der Waals surface area contributed by atoms with Crippen LogP contribution in [0.4, 0.5) is 4.39 Å². The summed E-state index contributed by atoms with van der Waals surface area (Å²) in [6.45, 7) is 3.14. The fourth-order valence-corrected chi connectivity index (χ4v) is 2.91. The van der Waals surface area contributed by atoms with E-state index in [1.807, 2.05) is 25.1 Å². The summed E-state index contributed by atoms with van der Waals surface area (Å²) in [6.07, 6.45) is 0.727. The number of ether oxygens (including phenoxy) is 2. The molecule has 0 saturated heterocycles. The van der Waals surface area contributed by atoms with Crippen molar-refractivity contribution in [2.24, 2.45) is 4.99 Å². The fourth-order valence-electron chi connectivity index (χ4n) is 2.91. The summed E-state index contributed by atoms with van der Waals surface area (Å²) in [5.74, 6) is 1.81. The summed E-state index contributed by atoms with van der Waals surface area (Å²) < 4.78 is 24.7. The zero-order valence-electron chi connectivity index (χ0n) is 15.4. The van der Waals surface area contributed by atoms with Crippen molar-refractivity contribution in [3.05, 3.63) is 59.9 Å². The Balaban J connectivity index is 0.00000261. The number of halogens is 2. The molecule has 1 aliphatic heterocycles. The van der Waals surface area contributed by atoms with Crippen LogP contribution in [-0.2, 0) is 0 Å². The Bertz CT molecular complexity index is 772. The summed E-state index contributed by atoms with van der Waals surface area (Å²) in [5.41, 5.74) is 1.13. The lowest BCUT2D eigenvalue weighted by atomic mass is 10.0. The quantitative estimate of drug-likeness (QED) is 0.384. The molecule has 0 aromatic heterocycles. The van der Waals surface area contributed by atoms with E-state index < -0.39 is 0 Å². The van der Waals surface area contributed by atoms with E-state index in [-0.39, 0.29) is 41.9 Å². The molecule has 2 atom stereocenters. The van der Waals surface area contributed by atoms with Crippen molar-refractivity contribution in [2.45, 2.75) is 25.5 Å². The molecule has 0 fully saturated rings. The van der Waals surface area contributed by atoms with Crippen LogP contribution in [0.3, 0.4) is 0 Å². The molecule has 1 heterocycles. The predicted molar refractivity (Wildman–Crippen MR) is 116 cm³/mol. The molecule has 0 amide bonds. The van der Waals surface area contributed by atoms with E-state index in [0.717, 1.165) is 17.7 Å². The second-order valence-corrected chi connectivity index (χ2v) is 6.21. The first-order valence-electron chi connectivity index (χ1n) is 8.77. The SMILES string of the molecule is CN=C(NCC(C)Oc1cccc(F)c1)NC1CCOc2ccccc21.I. The topological polar surface area (TPSA) is 54.9 Å². The maximum absolute atomic E-state index is 13.2. The lowest BCUT2D eigenvalue weighted by Crippen LogP contribution is -2.44. The molecule has 5 nitrogen and oxygen atoms in total. The molecule has 3 rings (SSSR count). The van der Waals surface area contributed by atoms with Gasteiger partial charge < -0.3 is 20.1 Å². The second kappa shape index (κ2) is 10.3. The highest BCUT2D eigenvalue weighted by Gasteiger charge is 2.21. The summed E-state index contributed by atoms with van der Waals surface area (Å²) in [5, 5.41) is 6.69. The minimum atomic E-state index is -0.307. The van der Waals surface area contributed by atoms with Gasteiger partial charge in [0, 0.05) is 25.1 Å². The van der Waals surface area contributed by atoms with Gasteiger partial charge in [0.05, 0.1) is 19.2 Å². The van der Waals surface area contributed by atoms with Crippen LogP contribution in [0.25, 0.3) is 0 Å². The second-order valence-electron chi connectivity index (χ2n) is 6.21. The lowest BCUT2D eigenvalue weighted by molar-refractivity contribution is 0.222. The van der Waals surface area contributed by atoms with Gasteiger partial charge in [0.15, 0.2) is 5.96 Å². The Morgan fingerprint density at radius 1 is 1.30 bits per heavy atom. The minimum Gasteiger partial charge on any atom is -0.493 e. The molecular weight excluding hydrogens is 460 g/mol. The maximum Gasteiger partial charge on any atom is 0.191 e. The average Bonchev–Trinajstić information content (AvgIpc) is 2.65. The lowest BCUT2D eigenvalue weighted by Gasteiger charge is -2.28. The number of aliphatic imine (C=N–C) groups is 1. The standard InChI is InChI=1S/C20H24FN3O2.HI/c1-14(26-16-7-5-6-15(21)12-16)13-23-20(22-2)24-18-10-11-25-19-9-4-3-8-17(18)19;/h3-9,12,14,18H,10-11,13H2,1-2H3,(H2,22,23,24);1H. The number of guanidine groups is 1. The first-order valence-corrected chi connectivity index (χ1v) is 8.77. The van der Waals surface area contributed by atoms with Gasteiger partial charge in [0.1, 0.15) is 23.4 Å². The fraction of sp³-hybridized carbons (Fsp3) is 0.350. The maximum atomic E-state index is 13.2. The van der Waals surface area contributed by atoms with Crippen molar-refractivity contribution < 1.29 is 13.9 Å². The molecule has 0 saturated carbocycles. The molecule has 0 bridgehead atoms. The van der Waals surface area contributed by atoms with Crippen LogP contribution >= 0.6 is 24.0 Å². The molecule has 2 aromatic carbocycles. The molecule has 2 N–H and O–H groups in total. The molecule has 146 valence electrons. The molecule has 1 aliphatic rings. The molecule has 2 aromatic rings. The number of fused-ring (bicyclic) bond motifs is 1. The molecular formula is C20H25FIN3O2. The molecule has 2 unspecified atom stereocenters. The van der Waals surface area contributed by atoms with Crippen LogP contribution in [0.5, 0.6) is 11.5 Å². The van der Waals surface area contributed by atoms with Crippen molar-refractivity contribution in [3.8, 4) is 11.5 Å². The molecule has 0 spiro atoms. The van der Waals surface area contributed by atoms with E-state index in [1.165, 1.54) is 12.1 Å². The third-order valence-corrected chi connectivity index (χ3v) is 4.18. The zero-order valence-corrected chi connectivity index (χ0v) is 17.8. The number of benzene rings is 2. The largest absolute Gasteiger partial charge is 0.493 e. The molecule has 0 aliphatic carbocycles.